The summed E-state index contributed by atoms with van der Waals surface area (Å²) in [5, 5.41) is 12.9. The third kappa shape index (κ3) is 7.10. The van der Waals surface area contributed by atoms with Crippen LogP contribution in [0.15, 0.2) is 18.2 Å². The van der Waals surface area contributed by atoms with Crippen LogP contribution in [0.2, 0.25) is 10.0 Å². The lowest BCUT2D eigenvalue weighted by molar-refractivity contribution is -0.143. The maximum absolute atomic E-state index is 13.1. The van der Waals surface area contributed by atoms with Crippen LogP contribution in [0.5, 0.6) is 0 Å². The van der Waals surface area contributed by atoms with Crippen molar-refractivity contribution in [1.29, 1.82) is 0 Å². The molecule has 6 nitrogen and oxygen atoms in total. The highest BCUT2D eigenvalue weighted by molar-refractivity contribution is 6.42. The molecule has 1 aromatic carbocycles. The second-order valence-corrected chi connectivity index (χ2v) is 10.3. The number of piperidine rings is 1. The molecule has 2 N–H and O–H groups in total. The van der Waals surface area contributed by atoms with E-state index in [9.17, 15) is 19.5 Å². The number of aryl methyl sites for hydroxylation is 1. The smallest absolute Gasteiger partial charge is 0.325 e. The van der Waals surface area contributed by atoms with Gasteiger partial charge in [-0.15, -0.1) is 0 Å². The van der Waals surface area contributed by atoms with Gasteiger partial charge in [-0.1, -0.05) is 48.5 Å². The van der Waals surface area contributed by atoms with Crippen molar-refractivity contribution in [2.24, 2.45) is 17.8 Å². The van der Waals surface area contributed by atoms with Crippen molar-refractivity contribution in [3.8, 4) is 0 Å². The van der Waals surface area contributed by atoms with Gasteiger partial charge >= 0.3 is 5.97 Å². The third-order valence-electron chi connectivity index (χ3n) is 7.20. The number of likely N-dealkylation sites (tertiary alicyclic amines) is 1. The van der Waals surface area contributed by atoms with Crippen LogP contribution >= 0.6 is 23.2 Å². The summed E-state index contributed by atoms with van der Waals surface area (Å²) < 4.78 is 0. The molecule has 0 bridgehead atoms. The highest BCUT2D eigenvalue weighted by Gasteiger charge is 2.38. The average molecular weight is 497 g/mol. The standard InChI is InChI=1S/C25H34Cl2N2O4/c1-16(25(32)33)28-24(31)23(18-5-3-2-4-6-18)19-11-13-29(14-12-19)22(30)10-8-17-7-9-20(26)21(27)15-17/h7,9,15-16,18-19,23H,2-6,8,10-14H2,1H3,(H,28,31)(H,32,33)/t16-,23-/m0/s1. The first-order valence-corrected chi connectivity index (χ1v) is 12.8. The predicted octanol–water partition coefficient (Wildman–Crippen LogP) is 4.95. The van der Waals surface area contributed by atoms with Gasteiger partial charge in [0, 0.05) is 25.4 Å². The van der Waals surface area contributed by atoms with Gasteiger partial charge in [0.15, 0.2) is 0 Å². The molecule has 0 spiro atoms. The Bertz CT molecular complexity index is 849. The van der Waals surface area contributed by atoms with Crippen molar-refractivity contribution in [3.05, 3.63) is 33.8 Å². The van der Waals surface area contributed by atoms with Crippen LogP contribution in [0.1, 0.15) is 63.9 Å². The van der Waals surface area contributed by atoms with Crippen LogP contribution in [0.4, 0.5) is 0 Å². The number of hydrogen-bond donors (Lipinski definition) is 2. The fourth-order valence-corrected chi connectivity index (χ4v) is 5.61. The minimum absolute atomic E-state index is 0.109. The van der Waals surface area contributed by atoms with Gasteiger partial charge in [0.25, 0.3) is 0 Å². The lowest BCUT2D eigenvalue weighted by atomic mass is 9.70. The molecule has 1 heterocycles. The fraction of sp³-hybridized carbons (Fsp3) is 0.640. The van der Waals surface area contributed by atoms with Crippen LogP contribution in [-0.2, 0) is 20.8 Å². The summed E-state index contributed by atoms with van der Waals surface area (Å²) in [7, 11) is 0. The minimum Gasteiger partial charge on any atom is -0.480 e. The topological polar surface area (TPSA) is 86.7 Å². The number of nitrogens with zero attached hydrogens (tertiary/aromatic N) is 1. The van der Waals surface area contributed by atoms with E-state index in [4.69, 9.17) is 23.2 Å². The van der Waals surface area contributed by atoms with Crippen molar-refractivity contribution in [2.75, 3.05) is 13.1 Å². The summed E-state index contributed by atoms with van der Waals surface area (Å²) in [6.07, 6.45) is 8.03. The Morgan fingerprint density at radius 2 is 1.67 bits per heavy atom. The van der Waals surface area contributed by atoms with Gasteiger partial charge in [-0.3, -0.25) is 14.4 Å². The van der Waals surface area contributed by atoms with E-state index in [-0.39, 0.29) is 23.7 Å². The first kappa shape index (κ1) is 25.8. The van der Waals surface area contributed by atoms with Crippen molar-refractivity contribution in [1.82, 2.24) is 10.2 Å². The Labute approximate surface area is 206 Å². The molecule has 182 valence electrons. The van der Waals surface area contributed by atoms with E-state index in [1.807, 2.05) is 11.0 Å². The van der Waals surface area contributed by atoms with Gasteiger partial charge < -0.3 is 15.3 Å². The molecule has 0 unspecified atom stereocenters. The Kier molecular flexibility index (Phi) is 9.45. The van der Waals surface area contributed by atoms with Gasteiger partial charge in [-0.2, -0.15) is 0 Å². The van der Waals surface area contributed by atoms with E-state index in [0.717, 1.165) is 44.1 Å². The molecule has 3 rings (SSSR count). The zero-order valence-electron chi connectivity index (χ0n) is 19.2. The summed E-state index contributed by atoms with van der Waals surface area (Å²) in [5.41, 5.74) is 0.981. The number of rotatable bonds is 8. The number of nitrogens with one attached hydrogen (secondary N) is 1. The molecule has 2 aliphatic rings. The average Bonchev–Trinajstić information content (AvgIpc) is 2.81. The lowest BCUT2D eigenvalue weighted by Crippen LogP contribution is -2.49. The number of carboxylic acid groups (broad SMARTS) is 1. The number of aliphatic carboxylic acids is 1. The van der Waals surface area contributed by atoms with E-state index in [2.05, 4.69) is 5.32 Å². The first-order chi connectivity index (χ1) is 15.8. The maximum atomic E-state index is 13.1. The molecule has 1 aliphatic carbocycles. The molecule has 1 aromatic rings. The Morgan fingerprint density at radius 1 is 1.03 bits per heavy atom. The largest absolute Gasteiger partial charge is 0.480 e. The second kappa shape index (κ2) is 12.1. The normalized spacial score (nSPS) is 19.7. The zero-order chi connectivity index (χ0) is 24.0. The molecule has 2 fully saturated rings. The molecule has 2 atom stereocenters. The minimum atomic E-state index is -1.02. The monoisotopic (exact) mass is 496 g/mol. The molecule has 0 aromatic heterocycles. The molecule has 1 aliphatic heterocycles. The molecule has 2 amide bonds. The van der Waals surface area contributed by atoms with Crippen molar-refractivity contribution in [2.45, 2.75) is 70.8 Å². The third-order valence-corrected chi connectivity index (χ3v) is 7.94. The van der Waals surface area contributed by atoms with Crippen molar-refractivity contribution in [3.63, 3.8) is 0 Å². The second-order valence-electron chi connectivity index (χ2n) is 9.46. The van der Waals surface area contributed by atoms with Crippen LogP contribution in [-0.4, -0.2) is 46.9 Å². The highest BCUT2D eigenvalue weighted by Crippen LogP contribution is 2.38. The molecule has 1 saturated carbocycles. The van der Waals surface area contributed by atoms with E-state index in [1.54, 1.807) is 12.1 Å². The SMILES string of the molecule is C[C@H](NC(=O)[C@@H](C1CCCCC1)C1CCN(C(=O)CCc2ccc(Cl)c(Cl)c2)CC1)C(=O)O. The molecule has 33 heavy (non-hydrogen) atoms. The summed E-state index contributed by atoms with van der Waals surface area (Å²) in [6, 6.07) is 4.54. The van der Waals surface area contributed by atoms with Crippen LogP contribution in [0.3, 0.4) is 0 Å². The molecule has 8 heteroatoms. The number of carboxylic acids is 1. The van der Waals surface area contributed by atoms with Crippen molar-refractivity contribution < 1.29 is 19.5 Å². The van der Waals surface area contributed by atoms with Crippen molar-refractivity contribution >= 4 is 41.0 Å². The number of halogens is 2. The molecular weight excluding hydrogens is 463 g/mol. The number of amides is 2. The summed E-state index contributed by atoms with van der Waals surface area (Å²) in [4.78, 5) is 39.0. The van der Waals surface area contributed by atoms with Crippen LogP contribution in [0, 0.1) is 17.8 Å². The fourth-order valence-electron chi connectivity index (χ4n) is 5.29. The molecule has 1 saturated heterocycles. The van der Waals surface area contributed by atoms with Gasteiger partial charge in [-0.05, 0) is 68.6 Å². The van der Waals surface area contributed by atoms with Crippen LogP contribution in [0.25, 0.3) is 0 Å². The molecular formula is C25H34Cl2N2O4. The quantitative estimate of drug-likeness (QED) is 0.532. The summed E-state index contributed by atoms with van der Waals surface area (Å²) >= 11 is 12.0. The van der Waals surface area contributed by atoms with E-state index in [0.29, 0.717) is 41.9 Å². The van der Waals surface area contributed by atoms with Gasteiger partial charge in [0.1, 0.15) is 6.04 Å². The van der Waals surface area contributed by atoms with E-state index < -0.39 is 12.0 Å². The summed E-state index contributed by atoms with van der Waals surface area (Å²) in [5.74, 6) is -0.762. The number of benzene rings is 1. The summed E-state index contributed by atoms with van der Waals surface area (Å²) in [6.45, 7) is 2.78. The molecule has 0 radical (unpaired) electrons. The van der Waals surface area contributed by atoms with Gasteiger partial charge in [-0.25, -0.2) is 0 Å². The van der Waals surface area contributed by atoms with Gasteiger partial charge in [0.05, 0.1) is 10.0 Å². The predicted molar refractivity (Wildman–Crippen MR) is 129 cm³/mol. The van der Waals surface area contributed by atoms with Gasteiger partial charge in [0.2, 0.25) is 11.8 Å². The maximum Gasteiger partial charge on any atom is 0.325 e. The number of hydrogen-bond acceptors (Lipinski definition) is 3. The zero-order valence-corrected chi connectivity index (χ0v) is 20.7. The Balaban J connectivity index is 1.56. The Hall–Kier alpha value is -1.79. The number of carbonyl (C=O) groups is 3. The first-order valence-electron chi connectivity index (χ1n) is 12.0. The van der Waals surface area contributed by atoms with E-state index in [1.165, 1.54) is 13.3 Å². The Morgan fingerprint density at radius 3 is 2.27 bits per heavy atom. The lowest BCUT2D eigenvalue weighted by Gasteiger charge is -2.40. The number of carbonyl (C=O) groups excluding carboxylic acids is 2. The van der Waals surface area contributed by atoms with E-state index >= 15 is 0 Å². The highest BCUT2D eigenvalue weighted by atomic mass is 35.5. The van der Waals surface area contributed by atoms with Crippen LogP contribution < -0.4 is 5.32 Å².